The zero-order valence-corrected chi connectivity index (χ0v) is 25.0. The quantitative estimate of drug-likeness (QED) is 0.166. The number of hydrogen-bond donors (Lipinski definition) is 0. The highest BCUT2D eigenvalue weighted by Gasteiger charge is 2.37. The lowest BCUT2D eigenvalue weighted by Crippen LogP contribution is -2.41. The van der Waals surface area contributed by atoms with Crippen molar-refractivity contribution in [1.82, 2.24) is 0 Å². The summed E-state index contributed by atoms with van der Waals surface area (Å²) in [5.41, 5.74) is 5.03. The maximum absolute atomic E-state index is 13.2. The molecule has 6 nitrogen and oxygen atoms in total. The highest BCUT2D eigenvalue weighted by atomic mass is 16.5. The van der Waals surface area contributed by atoms with Gasteiger partial charge in [-0.1, -0.05) is 57.7 Å². The molecular weight excluding hydrogens is 526 g/mol. The van der Waals surface area contributed by atoms with Crippen LogP contribution in [0.1, 0.15) is 82.9 Å². The van der Waals surface area contributed by atoms with E-state index in [1.165, 1.54) is 43.4 Å². The second kappa shape index (κ2) is 11.3. The summed E-state index contributed by atoms with van der Waals surface area (Å²) < 4.78 is 17.1. The van der Waals surface area contributed by atoms with Crippen LogP contribution < -0.4 is 29.5 Å². The minimum atomic E-state index is -0.418. The summed E-state index contributed by atoms with van der Waals surface area (Å²) in [7, 11) is 0. The number of hydrogen-bond acceptors (Lipinski definition) is 6. The SMILES string of the molecule is CCCCCCCN1c2ccc(C3=c4cc5c(cc4OC3=O)=C(c3ccc(OCCC)cc3)C(=O)O5)cc2CC1(C)C. The Labute approximate surface area is 247 Å². The van der Waals surface area contributed by atoms with E-state index in [1.54, 1.807) is 12.1 Å². The van der Waals surface area contributed by atoms with Crippen LogP contribution in [0, 0.1) is 0 Å². The van der Waals surface area contributed by atoms with Gasteiger partial charge < -0.3 is 19.1 Å². The molecule has 0 aromatic heterocycles. The van der Waals surface area contributed by atoms with Gasteiger partial charge in [-0.3, -0.25) is 0 Å². The predicted molar refractivity (Wildman–Crippen MR) is 165 cm³/mol. The van der Waals surface area contributed by atoms with Gasteiger partial charge >= 0.3 is 11.9 Å². The van der Waals surface area contributed by atoms with E-state index in [0.29, 0.717) is 39.7 Å². The molecule has 3 aliphatic heterocycles. The number of anilines is 1. The maximum atomic E-state index is 13.2. The summed E-state index contributed by atoms with van der Waals surface area (Å²) >= 11 is 0. The molecule has 0 amide bonds. The number of benzene rings is 3. The highest BCUT2D eigenvalue weighted by molar-refractivity contribution is 6.21. The molecule has 218 valence electrons. The van der Waals surface area contributed by atoms with Crippen LogP contribution in [-0.4, -0.2) is 30.6 Å². The Morgan fingerprint density at radius 1 is 0.762 bits per heavy atom. The third-order valence-electron chi connectivity index (χ3n) is 8.55. The lowest BCUT2D eigenvalue weighted by atomic mass is 9.96. The lowest BCUT2D eigenvalue weighted by molar-refractivity contribution is -0.128. The summed E-state index contributed by atoms with van der Waals surface area (Å²) in [5, 5.41) is 1.28. The molecular formula is C36H39NO5. The Morgan fingerprint density at radius 2 is 1.38 bits per heavy atom. The number of esters is 2. The van der Waals surface area contributed by atoms with Gasteiger partial charge in [-0.2, -0.15) is 0 Å². The average molecular weight is 566 g/mol. The molecule has 0 N–H and O–H groups in total. The molecule has 0 atom stereocenters. The van der Waals surface area contributed by atoms with E-state index in [1.807, 2.05) is 30.3 Å². The van der Waals surface area contributed by atoms with Crippen molar-refractivity contribution in [3.63, 3.8) is 0 Å². The largest absolute Gasteiger partial charge is 0.494 e. The summed E-state index contributed by atoms with van der Waals surface area (Å²) in [6.07, 6.45) is 8.10. The Morgan fingerprint density at radius 3 is 2.02 bits per heavy atom. The summed E-state index contributed by atoms with van der Waals surface area (Å²) in [6.45, 7) is 10.6. The fourth-order valence-electron chi connectivity index (χ4n) is 6.46. The number of ether oxygens (including phenoxy) is 3. The van der Waals surface area contributed by atoms with Crippen LogP contribution in [0.15, 0.2) is 54.6 Å². The van der Waals surface area contributed by atoms with Gasteiger partial charge in [0.2, 0.25) is 0 Å². The van der Waals surface area contributed by atoms with Gasteiger partial charge in [0.1, 0.15) is 17.2 Å². The van der Waals surface area contributed by atoms with E-state index in [-0.39, 0.29) is 11.5 Å². The normalized spacial score (nSPS) is 16.3. The fraction of sp³-hybridized carbons (Fsp3) is 0.389. The van der Waals surface area contributed by atoms with E-state index in [0.717, 1.165) is 36.3 Å². The van der Waals surface area contributed by atoms with Crippen molar-refractivity contribution >= 4 is 28.8 Å². The second-order valence-electron chi connectivity index (χ2n) is 12.1. The first-order valence-corrected chi connectivity index (χ1v) is 15.3. The minimum Gasteiger partial charge on any atom is -0.494 e. The van der Waals surface area contributed by atoms with Crippen LogP contribution >= 0.6 is 0 Å². The molecule has 0 fully saturated rings. The monoisotopic (exact) mass is 565 g/mol. The van der Waals surface area contributed by atoms with Crippen LogP contribution in [0.2, 0.25) is 0 Å². The molecule has 6 rings (SSSR count). The molecule has 0 saturated carbocycles. The van der Waals surface area contributed by atoms with Crippen molar-refractivity contribution in [3.8, 4) is 17.2 Å². The second-order valence-corrected chi connectivity index (χ2v) is 12.1. The molecule has 3 aromatic rings. The molecule has 0 radical (unpaired) electrons. The Hall–Kier alpha value is -4.06. The number of rotatable bonds is 11. The van der Waals surface area contributed by atoms with Gasteiger partial charge in [0.15, 0.2) is 0 Å². The van der Waals surface area contributed by atoms with E-state index >= 15 is 0 Å². The van der Waals surface area contributed by atoms with Crippen LogP contribution in [0.3, 0.4) is 0 Å². The fourth-order valence-corrected chi connectivity index (χ4v) is 6.46. The zero-order valence-electron chi connectivity index (χ0n) is 25.0. The molecule has 3 aliphatic rings. The van der Waals surface area contributed by atoms with Gasteiger partial charge in [-0.05, 0) is 86.2 Å². The third kappa shape index (κ3) is 5.08. The molecule has 6 heteroatoms. The number of carbonyl (C=O) groups is 2. The first-order chi connectivity index (χ1) is 20.3. The number of nitrogens with zero attached hydrogens (tertiary/aromatic N) is 1. The predicted octanol–water partition coefficient (Wildman–Crippen LogP) is 5.82. The lowest BCUT2D eigenvalue weighted by Gasteiger charge is -2.34. The van der Waals surface area contributed by atoms with Crippen LogP contribution in [0.4, 0.5) is 5.69 Å². The maximum Gasteiger partial charge on any atom is 0.344 e. The van der Waals surface area contributed by atoms with Gasteiger partial charge in [-0.25, -0.2) is 9.59 Å². The molecule has 0 unspecified atom stereocenters. The van der Waals surface area contributed by atoms with Crippen molar-refractivity contribution in [2.75, 3.05) is 18.1 Å². The number of fused-ring (bicyclic) bond motifs is 3. The van der Waals surface area contributed by atoms with E-state index in [9.17, 15) is 9.59 Å². The van der Waals surface area contributed by atoms with Crippen LogP contribution in [-0.2, 0) is 16.0 Å². The van der Waals surface area contributed by atoms with Crippen molar-refractivity contribution in [1.29, 1.82) is 0 Å². The smallest absolute Gasteiger partial charge is 0.344 e. The average Bonchev–Trinajstić information content (AvgIpc) is 3.55. The number of carbonyl (C=O) groups excluding carboxylic acids is 2. The Balaban J connectivity index is 1.34. The summed E-state index contributed by atoms with van der Waals surface area (Å²) in [5.74, 6) is 0.833. The summed E-state index contributed by atoms with van der Waals surface area (Å²) in [6, 6.07) is 17.3. The van der Waals surface area contributed by atoms with Gasteiger partial charge in [0.05, 0.1) is 17.8 Å². The van der Waals surface area contributed by atoms with Gasteiger partial charge in [0, 0.05) is 28.2 Å². The molecule has 0 aliphatic carbocycles. The van der Waals surface area contributed by atoms with Crippen molar-refractivity contribution < 1.29 is 23.8 Å². The summed E-state index contributed by atoms with van der Waals surface area (Å²) in [4.78, 5) is 28.7. The van der Waals surface area contributed by atoms with Gasteiger partial charge in [-0.15, -0.1) is 0 Å². The van der Waals surface area contributed by atoms with Crippen molar-refractivity contribution in [2.45, 2.75) is 78.2 Å². The third-order valence-corrected chi connectivity index (χ3v) is 8.55. The first kappa shape index (κ1) is 28.1. The van der Waals surface area contributed by atoms with Crippen LogP contribution in [0.25, 0.3) is 11.1 Å². The van der Waals surface area contributed by atoms with E-state index in [2.05, 4.69) is 44.7 Å². The Bertz CT molecular complexity index is 1670. The highest BCUT2D eigenvalue weighted by Crippen LogP contribution is 2.40. The van der Waals surface area contributed by atoms with Crippen molar-refractivity contribution in [2.24, 2.45) is 0 Å². The molecule has 0 bridgehead atoms. The van der Waals surface area contributed by atoms with E-state index < -0.39 is 5.97 Å². The topological polar surface area (TPSA) is 65.1 Å². The van der Waals surface area contributed by atoms with Crippen LogP contribution in [0.5, 0.6) is 17.2 Å². The van der Waals surface area contributed by atoms with Gasteiger partial charge in [0.25, 0.3) is 0 Å². The molecule has 3 heterocycles. The molecule has 0 spiro atoms. The molecule has 0 saturated heterocycles. The van der Waals surface area contributed by atoms with E-state index in [4.69, 9.17) is 14.2 Å². The zero-order chi connectivity index (χ0) is 29.4. The molecule has 42 heavy (non-hydrogen) atoms. The molecule has 3 aromatic carbocycles. The first-order valence-electron chi connectivity index (χ1n) is 15.3. The standard InChI is InChI=1S/C36H39NO5/c1-5-7-8-9-10-17-37-29-16-13-24(19-25(29)22-36(37,3)4)33-28-21-30-27(20-31(28)42-35(33)39)32(34(38)41-30)23-11-14-26(15-12-23)40-18-6-2/h11-16,19-21H,5-10,17-18,22H2,1-4H3. The minimum absolute atomic E-state index is 0.0199. The van der Waals surface area contributed by atoms with Crippen molar-refractivity contribution in [3.05, 3.63) is 81.7 Å². The Kier molecular flexibility index (Phi) is 7.56. The number of unbranched alkanes of at least 4 members (excludes halogenated alkanes) is 4.